The van der Waals surface area contributed by atoms with Gasteiger partial charge in [-0.15, -0.1) is 0 Å². The second-order valence-corrected chi connectivity index (χ2v) is 14.7. The van der Waals surface area contributed by atoms with Crippen molar-refractivity contribution in [2.75, 3.05) is 20.1 Å². The molecule has 1 saturated heterocycles. The maximum atomic E-state index is 14.0. The number of Topliss-reactive ketones (excluding diaryl/α,β-unsaturated/α-hetero) is 1. The Morgan fingerprint density at radius 1 is 1.16 bits per heavy atom. The minimum atomic E-state index is -0.894. The zero-order valence-corrected chi connectivity index (χ0v) is 26.6. The van der Waals surface area contributed by atoms with Crippen molar-refractivity contribution in [2.24, 2.45) is 21.9 Å². The van der Waals surface area contributed by atoms with E-state index in [0.29, 0.717) is 43.3 Å². The van der Waals surface area contributed by atoms with Gasteiger partial charge in [0.05, 0.1) is 17.8 Å². The number of carbonyl (C=O) groups is 4. The predicted molar refractivity (Wildman–Crippen MR) is 163 cm³/mol. The van der Waals surface area contributed by atoms with Crippen molar-refractivity contribution < 1.29 is 24.0 Å². The van der Waals surface area contributed by atoms with Crippen molar-refractivity contribution in [3.05, 3.63) is 34.9 Å². The quantitative estimate of drug-likeness (QED) is 0.329. The molecule has 2 heterocycles. The average molecular weight is 614 g/mol. The molecule has 3 amide bonds. The van der Waals surface area contributed by atoms with Crippen LogP contribution in [0.3, 0.4) is 0 Å². The summed E-state index contributed by atoms with van der Waals surface area (Å²) in [6.07, 6.45) is 4.97. The van der Waals surface area contributed by atoms with E-state index in [9.17, 15) is 19.2 Å². The Balaban J connectivity index is 1.38. The monoisotopic (exact) mass is 613 g/mol. The van der Waals surface area contributed by atoms with Crippen LogP contribution in [-0.2, 0) is 24.0 Å². The predicted octanol–water partition coefficient (Wildman–Crippen LogP) is 3.21. The summed E-state index contributed by atoms with van der Waals surface area (Å²) in [5.41, 5.74) is 0.234. The standard InChI is InChI=1S/C32H44ClN5O5/c1-30(2,3)25(36-29(42)31(4)11-12-31)17-38-18-32(15-23(37-43-32)20-7-6-8-21(33)14-20)16-24(38)27(40)35-22(13-19-9-10-19)26(39)28(41)34-5/h6-8,14,19,22,24-25H,9-13,15-18H2,1-5H3,(H,34,41)(H,35,40)(H,36,42)/t22-,24-,25+,32+/m0/s1. The Morgan fingerprint density at radius 2 is 1.88 bits per heavy atom. The van der Waals surface area contributed by atoms with Gasteiger partial charge in [-0.2, -0.15) is 0 Å². The number of hydrogen-bond acceptors (Lipinski definition) is 7. The Morgan fingerprint density at radius 3 is 2.49 bits per heavy atom. The number of likely N-dealkylation sites (N-methyl/N-ethyl adjacent to an activating group) is 1. The Kier molecular flexibility index (Phi) is 8.66. The average Bonchev–Trinajstić information content (AvgIpc) is 3.86. The summed E-state index contributed by atoms with van der Waals surface area (Å²) in [5.74, 6) is -1.32. The highest BCUT2D eigenvalue weighted by molar-refractivity contribution is 6.38. The van der Waals surface area contributed by atoms with E-state index in [4.69, 9.17) is 16.4 Å². The van der Waals surface area contributed by atoms with E-state index in [2.05, 4.69) is 46.8 Å². The molecule has 2 aliphatic carbocycles. The maximum absolute atomic E-state index is 14.0. The Hall–Kier alpha value is -2.98. The van der Waals surface area contributed by atoms with Crippen LogP contribution in [0.4, 0.5) is 0 Å². The summed E-state index contributed by atoms with van der Waals surface area (Å²) in [5, 5.41) is 13.6. The highest BCUT2D eigenvalue weighted by Gasteiger charge is 2.54. The molecule has 2 aliphatic heterocycles. The molecule has 3 N–H and O–H groups in total. The van der Waals surface area contributed by atoms with Crippen LogP contribution in [0.5, 0.6) is 0 Å². The van der Waals surface area contributed by atoms with Gasteiger partial charge in [0.1, 0.15) is 0 Å². The lowest BCUT2D eigenvalue weighted by Gasteiger charge is -2.37. The molecule has 1 spiro atoms. The molecule has 43 heavy (non-hydrogen) atoms. The van der Waals surface area contributed by atoms with Crippen LogP contribution < -0.4 is 16.0 Å². The summed E-state index contributed by atoms with van der Waals surface area (Å²) in [6.45, 7) is 9.04. The van der Waals surface area contributed by atoms with Gasteiger partial charge in [-0.05, 0) is 42.7 Å². The number of nitrogens with one attached hydrogen (secondary N) is 3. The minimum absolute atomic E-state index is 0.0340. The van der Waals surface area contributed by atoms with E-state index < -0.39 is 29.4 Å². The van der Waals surface area contributed by atoms with Crippen LogP contribution in [0.25, 0.3) is 0 Å². The third-order valence-electron chi connectivity index (χ3n) is 9.46. The third kappa shape index (κ3) is 7.23. The molecule has 1 aromatic rings. The summed E-state index contributed by atoms with van der Waals surface area (Å²) >= 11 is 6.24. The minimum Gasteiger partial charge on any atom is -0.387 e. The molecule has 1 aromatic carbocycles. The molecule has 0 bridgehead atoms. The van der Waals surface area contributed by atoms with Gasteiger partial charge in [-0.3, -0.25) is 24.1 Å². The van der Waals surface area contributed by atoms with Gasteiger partial charge in [0.2, 0.25) is 17.6 Å². The number of halogens is 1. The normalized spacial score (nSPS) is 25.8. The van der Waals surface area contributed by atoms with E-state index >= 15 is 0 Å². The zero-order chi connectivity index (χ0) is 31.2. The first-order chi connectivity index (χ1) is 20.2. The van der Waals surface area contributed by atoms with Crippen molar-refractivity contribution >= 4 is 40.8 Å². The molecular formula is C32H44ClN5O5. The lowest BCUT2D eigenvalue weighted by molar-refractivity contribution is -0.140. The van der Waals surface area contributed by atoms with Crippen LogP contribution in [0, 0.1) is 16.7 Å². The smallest absolute Gasteiger partial charge is 0.289 e. The number of benzene rings is 1. The second kappa shape index (κ2) is 11.8. The third-order valence-corrected chi connectivity index (χ3v) is 9.70. The second-order valence-electron chi connectivity index (χ2n) is 14.3. The molecule has 234 valence electrons. The molecule has 3 fully saturated rings. The molecule has 0 aromatic heterocycles. The van der Waals surface area contributed by atoms with E-state index in [1.54, 1.807) is 6.07 Å². The summed E-state index contributed by atoms with van der Waals surface area (Å²) in [7, 11) is 1.41. The van der Waals surface area contributed by atoms with E-state index in [0.717, 1.165) is 37.0 Å². The van der Waals surface area contributed by atoms with Crippen LogP contribution >= 0.6 is 11.6 Å². The first kappa shape index (κ1) is 31.4. The molecule has 2 saturated carbocycles. The first-order valence-corrected chi connectivity index (χ1v) is 15.7. The molecule has 0 radical (unpaired) electrons. The van der Waals surface area contributed by atoms with Gasteiger partial charge in [0, 0.05) is 55.0 Å². The van der Waals surface area contributed by atoms with Gasteiger partial charge in [0.25, 0.3) is 5.91 Å². The fourth-order valence-electron chi connectivity index (χ4n) is 6.00. The van der Waals surface area contributed by atoms with E-state index in [-0.39, 0.29) is 28.7 Å². The van der Waals surface area contributed by atoms with Crippen LogP contribution in [0.2, 0.25) is 5.02 Å². The molecular weight excluding hydrogens is 570 g/mol. The van der Waals surface area contributed by atoms with Gasteiger partial charge < -0.3 is 20.8 Å². The fraction of sp³-hybridized carbons (Fsp3) is 0.656. The van der Waals surface area contributed by atoms with Crippen molar-refractivity contribution in [3.63, 3.8) is 0 Å². The molecule has 4 atom stereocenters. The molecule has 4 aliphatic rings. The summed E-state index contributed by atoms with van der Waals surface area (Å²) in [4.78, 5) is 60.5. The van der Waals surface area contributed by atoms with Crippen LogP contribution in [0.1, 0.15) is 78.2 Å². The van der Waals surface area contributed by atoms with Crippen LogP contribution in [-0.4, -0.2) is 78.0 Å². The number of likely N-dealkylation sites (tertiary alicyclic amines) is 1. The van der Waals surface area contributed by atoms with Crippen molar-refractivity contribution in [3.8, 4) is 0 Å². The molecule has 5 rings (SSSR count). The summed E-state index contributed by atoms with van der Waals surface area (Å²) < 4.78 is 0. The number of hydrogen-bond donors (Lipinski definition) is 3. The largest absolute Gasteiger partial charge is 0.387 e. The highest BCUT2D eigenvalue weighted by atomic mass is 35.5. The Labute approximate surface area is 258 Å². The number of ketones is 1. The molecule has 0 unspecified atom stereocenters. The molecule has 10 nitrogen and oxygen atoms in total. The fourth-order valence-corrected chi connectivity index (χ4v) is 6.19. The SMILES string of the molecule is CNC(=O)C(=O)[C@H](CC1CC1)NC(=O)[C@@H]1C[C@]2(CC(c3cccc(Cl)c3)=NO2)CN1C[C@@H](NC(=O)C1(C)CC1)C(C)(C)C. The lowest BCUT2D eigenvalue weighted by Crippen LogP contribution is -2.56. The topological polar surface area (TPSA) is 129 Å². The zero-order valence-electron chi connectivity index (χ0n) is 25.8. The van der Waals surface area contributed by atoms with Crippen LogP contribution in [0.15, 0.2) is 29.4 Å². The van der Waals surface area contributed by atoms with Crippen molar-refractivity contribution in [1.82, 2.24) is 20.9 Å². The Bertz CT molecular complexity index is 1320. The number of carbonyl (C=O) groups excluding carboxylic acids is 4. The number of nitrogens with zero attached hydrogens (tertiary/aromatic N) is 2. The lowest BCUT2D eigenvalue weighted by atomic mass is 9.85. The maximum Gasteiger partial charge on any atom is 0.289 e. The van der Waals surface area contributed by atoms with Gasteiger partial charge in [-0.1, -0.05) is 69.4 Å². The first-order valence-electron chi connectivity index (χ1n) is 15.3. The number of oxime groups is 1. The van der Waals surface area contributed by atoms with Gasteiger partial charge in [-0.25, -0.2) is 0 Å². The van der Waals surface area contributed by atoms with Crippen molar-refractivity contribution in [1.29, 1.82) is 0 Å². The van der Waals surface area contributed by atoms with E-state index in [1.807, 2.05) is 25.1 Å². The van der Waals surface area contributed by atoms with Gasteiger partial charge in [0.15, 0.2) is 5.60 Å². The summed E-state index contributed by atoms with van der Waals surface area (Å²) in [6, 6.07) is 5.66. The van der Waals surface area contributed by atoms with E-state index in [1.165, 1.54) is 7.05 Å². The number of rotatable bonds is 11. The van der Waals surface area contributed by atoms with Crippen molar-refractivity contribution in [2.45, 2.75) is 96.4 Å². The highest BCUT2D eigenvalue weighted by Crippen LogP contribution is 2.46. The molecule has 11 heteroatoms. The number of amides is 3. The van der Waals surface area contributed by atoms with Gasteiger partial charge >= 0.3 is 0 Å².